The van der Waals surface area contributed by atoms with E-state index in [0.29, 0.717) is 25.1 Å². The zero-order chi connectivity index (χ0) is 13.8. The molecule has 0 aromatic heterocycles. The maximum atomic E-state index is 12.1. The molecular formula is C15H28N2O2. The summed E-state index contributed by atoms with van der Waals surface area (Å²) in [4.78, 5) is 16.2. The number of hydrogen-bond acceptors (Lipinski definition) is 3. The molecule has 2 aliphatic carbocycles. The summed E-state index contributed by atoms with van der Waals surface area (Å²) < 4.78 is 0. The molecule has 19 heavy (non-hydrogen) atoms. The lowest BCUT2D eigenvalue weighted by atomic mass is 9.86. The second-order valence-electron chi connectivity index (χ2n) is 6.49. The van der Waals surface area contributed by atoms with Crippen molar-refractivity contribution in [3.05, 3.63) is 0 Å². The van der Waals surface area contributed by atoms with Crippen molar-refractivity contribution >= 4 is 5.91 Å². The number of carbonyl (C=O) groups is 1. The third kappa shape index (κ3) is 4.46. The lowest BCUT2D eigenvalue weighted by Crippen LogP contribution is -2.43. The van der Waals surface area contributed by atoms with E-state index in [4.69, 9.17) is 5.11 Å². The Morgan fingerprint density at radius 3 is 2.16 bits per heavy atom. The topological polar surface area (TPSA) is 43.8 Å². The number of aliphatic hydroxyl groups excluding tert-OH is 1. The number of aliphatic hydroxyl groups is 1. The standard InChI is InChI=1S/C15H28N2O2/c1-16(14-7-5-13(11-18)6-8-14)10-15(19)17(2)9-12-3-4-12/h12-14,18H,3-11H2,1-2H3. The van der Waals surface area contributed by atoms with Crippen LogP contribution in [0.25, 0.3) is 0 Å². The molecule has 4 nitrogen and oxygen atoms in total. The minimum absolute atomic E-state index is 0.249. The van der Waals surface area contributed by atoms with Gasteiger partial charge in [0.25, 0.3) is 0 Å². The van der Waals surface area contributed by atoms with E-state index >= 15 is 0 Å². The van der Waals surface area contributed by atoms with E-state index in [1.54, 1.807) is 0 Å². The highest BCUT2D eigenvalue weighted by Crippen LogP contribution is 2.29. The molecule has 0 aromatic carbocycles. The third-order valence-corrected chi connectivity index (χ3v) is 4.74. The molecule has 1 amide bonds. The lowest BCUT2D eigenvalue weighted by Gasteiger charge is -2.34. The number of hydrogen-bond donors (Lipinski definition) is 1. The Bertz CT molecular complexity index is 297. The summed E-state index contributed by atoms with van der Waals surface area (Å²) in [5.74, 6) is 1.50. The average molecular weight is 268 g/mol. The molecule has 0 aliphatic heterocycles. The van der Waals surface area contributed by atoms with E-state index in [0.717, 1.165) is 38.1 Å². The highest BCUT2D eigenvalue weighted by atomic mass is 16.3. The van der Waals surface area contributed by atoms with Crippen molar-refractivity contribution in [1.29, 1.82) is 0 Å². The summed E-state index contributed by atoms with van der Waals surface area (Å²) in [5, 5.41) is 9.15. The van der Waals surface area contributed by atoms with Gasteiger partial charge in [-0.1, -0.05) is 0 Å². The molecule has 0 heterocycles. The van der Waals surface area contributed by atoms with Crippen molar-refractivity contribution in [2.45, 2.75) is 44.6 Å². The van der Waals surface area contributed by atoms with Gasteiger partial charge in [-0.15, -0.1) is 0 Å². The van der Waals surface area contributed by atoms with E-state index in [9.17, 15) is 4.79 Å². The molecule has 0 bridgehead atoms. The first-order valence-electron chi connectivity index (χ1n) is 7.65. The highest BCUT2D eigenvalue weighted by molar-refractivity contribution is 5.78. The Labute approximate surface area is 116 Å². The summed E-state index contributed by atoms with van der Waals surface area (Å²) in [6, 6.07) is 0.515. The molecule has 0 unspecified atom stereocenters. The quantitative estimate of drug-likeness (QED) is 0.790. The first-order valence-corrected chi connectivity index (χ1v) is 7.65. The lowest BCUT2D eigenvalue weighted by molar-refractivity contribution is -0.131. The number of rotatable bonds is 6. The monoisotopic (exact) mass is 268 g/mol. The summed E-state index contributed by atoms with van der Waals surface area (Å²) in [6.07, 6.45) is 7.00. The minimum atomic E-state index is 0.249. The number of nitrogens with zero attached hydrogens (tertiary/aromatic N) is 2. The van der Waals surface area contributed by atoms with E-state index in [1.807, 2.05) is 11.9 Å². The summed E-state index contributed by atoms with van der Waals surface area (Å²) in [6.45, 7) is 1.79. The van der Waals surface area contributed by atoms with Crippen molar-refractivity contribution < 1.29 is 9.90 Å². The fraction of sp³-hybridized carbons (Fsp3) is 0.933. The fourth-order valence-electron chi connectivity index (χ4n) is 3.02. The van der Waals surface area contributed by atoms with Crippen molar-refractivity contribution in [3.63, 3.8) is 0 Å². The second kappa shape index (κ2) is 6.71. The van der Waals surface area contributed by atoms with Gasteiger partial charge in [-0.2, -0.15) is 0 Å². The van der Waals surface area contributed by atoms with Gasteiger partial charge in [0.1, 0.15) is 0 Å². The zero-order valence-corrected chi connectivity index (χ0v) is 12.3. The summed E-state index contributed by atoms with van der Waals surface area (Å²) in [5.41, 5.74) is 0. The van der Waals surface area contributed by atoms with Crippen LogP contribution in [-0.4, -0.2) is 60.6 Å². The SMILES string of the molecule is CN(CC1CC1)C(=O)CN(C)C1CCC(CO)CC1. The molecule has 2 saturated carbocycles. The van der Waals surface area contributed by atoms with Crippen LogP contribution in [0, 0.1) is 11.8 Å². The first kappa shape index (κ1) is 14.8. The number of amides is 1. The molecular weight excluding hydrogens is 240 g/mol. The summed E-state index contributed by atoms with van der Waals surface area (Å²) in [7, 11) is 3.99. The van der Waals surface area contributed by atoms with E-state index < -0.39 is 0 Å². The van der Waals surface area contributed by atoms with Crippen LogP contribution in [0.5, 0.6) is 0 Å². The molecule has 0 atom stereocenters. The third-order valence-electron chi connectivity index (χ3n) is 4.74. The molecule has 110 valence electrons. The Balaban J connectivity index is 1.70. The number of carbonyl (C=O) groups excluding carboxylic acids is 1. The molecule has 4 heteroatoms. The van der Waals surface area contributed by atoms with Crippen LogP contribution in [0.4, 0.5) is 0 Å². The van der Waals surface area contributed by atoms with Crippen molar-refractivity contribution in [2.24, 2.45) is 11.8 Å². The van der Waals surface area contributed by atoms with Crippen LogP contribution in [0.15, 0.2) is 0 Å². The van der Waals surface area contributed by atoms with Crippen LogP contribution >= 0.6 is 0 Å². The second-order valence-corrected chi connectivity index (χ2v) is 6.49. The van der Waals surface area contributed by atoms with Gasteiger partial charge in [-0.05, 0) is 57.4 Å². The number of likely N-dealkylation sites (N-methyl/N-ethyl adjacent to an activating group) is 2. The predicted molar refractivity (Wildman–Crippen MR) is 75.8 cm³/mol. The van der Waals surface area contributed by atoms with Crippen molar-refractivity contribution in [2.75, 3.05) is 33.8 Å². The van der Waals surface area contributed by atoms with Crippen LogP contribution in [0.3, 0.4) is 0 Å². The van der Waals surface area contributed by atoms with Gasteiger partial charge in [0.15, 0.2) is 0 Å². The maximum Gasteiger partial charge on any atom is 0.236 e. The highest BCUT2D eigenvalue weighted by Gasteiger charge is 2.27. The average Bonchev–Trinajstić information content (AvgIpc) is 3.22. The van der Waals surface area contributed by atoms with Gasteiger partial charge in [0.05, 0.1) is 6.54 Å². The molecule has 2 rings (SSSR count). The van der Waals surface area contributed by atoms with Crippen LogP contribution in [0.1, 0.15) is 38.5 Å². The van der Waals surface area contributed by atoms with Gasteiger partial charge in [-0.3, -0.25) is 9.69 Å². The van der Waals surface area contributed by atoms with Gasteiger partial charge in [0, 0.05) is 26.2 Å². The van der Waals surface area contributed by atoms with Crippen LogP contribution in [0.2, 0.25) is 0 Å². The maximum absolute atomic E-state index is 12.1. The fourth-order valence-corrected chi connectivity index (χ4v) is 3.02. The molecule has 1 N–H and O–H groups in total. The van der Waals surface area contributed by atoms with Crippen molar-refractivity contribution in [3.8, 4) is 0 Å². The van der Waals surface area contributed by atoms with Gasteiger partial charge in [-0.25, -0.2) is 0 Å². The minimum Gasteiger partial charge on any atom is -0.396 e. The van der Waals surface area contributed by atoms with E-state index in [2.05, 4.69) is 11.9 Å². The molecule has 2 aliphatic rings. The zero-order valence-electron chi connectivity index (χ0n) is 12.3. The molecule has 0 spiro atoms. The Morgan fingerprint density at radius 2 is 1.63 bits per heavy atom. The smallest absolute Gasteiger partial charge is 0.236 e. The van der Waals surface area contributed by atoms with Crippen molar-refractivity contribution in [1.82, 2.24) is 9.80 Å². The predicted octanol–water partition coefficient (Wildman–Crippen LogP) is 1.34. The Kier molecular flexibility index (Phi) is 5.22. The van der Waals surface area contributed by atoms with Gasteiger partial charge in [0.2, 0.25) is 5.91 Å². The molecule has 0 radical (unpaired) electrons. The first-order chi connectivity index (χ1) is 9.10. The normalized spacial score (nSPS) is 27.6. The van der Waals surface area contributed by atoms with Gasteiger partial charge < -0.3 is 10.0 Å². The van der Waals surface area contributed by atoms with E-state index in [-0.39, 0.29) is 5.91 Å². The van der Waals surface area contributed by atoms with Crippen LogP contribution < -0.4 is 0 Å². The van der Waals surface area contributed by atoms with Gasteiger partial charge >= 0.3 is 0 Å². The van der Waals surface area contributed by atoms with E-state index in [1.165, 1.54) is 12.8 Å². The summed E-state index contributed by atoms with van der Waals surface area (Å²) >= 11 is 0. The molecule has 0 aromatic rings. The Morgan fingerprint density at radius 1 is 1.05 bits per heavy atom. The largest absolute Gasteiger partial charge is 0.396 e. The molecule has 2 fully saturated rings. The Hall–Kier alpha value is -0.610. The van der Waals surface area contributed by atoms with Crippen LogP contribution in [-0.2, 0) is 4.79 Å². The molecule has 0 saturated heterocycles.